The fourth-order valence-corrected chi connectivity index (χ4v) is 0.641. The molecule has 1 amide bonds. The number of ether oxygens (including phenoxy) is 1. The number of esters is 1. The van der Waals surface area contributed by atoms with Gasteiger partial charge in [0, 0.05) is 20.1 Å². The zero-order valence-electron chi connectivity index (χ0n) is 5.83. The van der Waals surface area contributed by atoms with Crippen molar-refractivity contribution in [2.75, 3.05) is 12.9 Å². The molecule has 1 N–H and O–H groups in total. The van der Waals surface area contributed by atoms with Crippen LogP contribution < -0.4 is 5.32 Å². The number of carbonyl (C=O) groups is 2. The summed E-state index contributed by atoms with van der Waals surface area (Å²) in [5.74, 6) is -0.382. The Bertz CT molecular complexity index is 133. The molecule has 6 heteroatoms. The van der Waals surface area contributed by atoms with Crippen molar-refractivity contribution >= 4 is 25.0 Å². The topological polar surface area (TPSA) is 55.4 Å². The van der Waals surface area contributed by atoms with E-state index < -0.39 is 12.0 Å². The zero-order valence-corrected chi connectivity index (χ0v) is 9.04. The van der Waals surface area contributed by atoms with E-state index in [9.17, 15) is 9.59 Å². The molecule has 0 fully saturated rings. The van der Waals surface area contributed by atoms with E-state index in [4.69, 9.17) is 0 Å². The SMILES string of the molecule is COC(=O)C(C[S-])NC=O.[Ir]. The van der Waals surface area contributed by atoms with Crippen LogP contribution in [-0.4, -0.2) is 31.3 Å². The van der Waals surface area contributed by atoms with Gasteiger partial charge in [-0.15, -0.1) is 5.75 Å². The summed E-state index contributed by atoms with van der Waals surface area (Å²) in [5.41, 5.74) is 0. The second-order valence-electron chi connectivity index (χ2n) is 1.53. The Kier molecular flexibility index (Phi) is 9.88. The molecule has 4 nitrogen and oxygen atoms in total. The molecule has 0 aromatic carbocycles. The first-order valence-electron chi connectivity index (χ1n) is 2.62. The van der Waals surface area contributed by atoms with E-state index in [1.807, 2.05) is 0 Å². The van der Waals surface area contributed by atoms with Gasteiger partial charge in [0.05, 0.1) is 7.11 Å². The summed E-state index contributed by atoms with van der Waals surface area (Å²) in [6.07, 6.45) is 0.424. The average molecular weight is 354 g/mol. The fraction of sp³-hybridized carbons (Fsp3) is 0.600. The molecular formula is C5H8IrNO3S-. The van der Waals surface area contributed by atoms with Crippen molar-refractivity contribution < 1.29 is 34.4 Å². The van der Waals surface area contributed by atoms with Crippen molar-refractivity contribution in [2.45, 2.75) is 6.04 Å². The van der Waals surface area contributed by atoms with Gasteiger partial charge in [-0.2, -0.15) is 0 Å². The van der Waals surface area contributed by atoms with Gasteiger partial charge >= 0.3 is 5.97 Å². The standard InChI is InChI=1S/C5H9NO3S.Ir/c1-9-5(8)4(2-10)6-3-7;/h3-4,10H,2H2,1H3,(H,6,7);/p-1. The number of nitrogens with one attached hydrogen (secondary N) is 1. The van der Waals surface area contributed by atoms with Crippen LogP contribution in [0.1, 0.15) is 0 Å². The summed E-state index contributed by atoms with van der Waals surface area (Å²) in [6.45, 7) is 0. The van der Waals surface area contributed by atoms with Gasteiger partial charge in [0.2, 0.25) is 6.41 Å². The van der Waals surface area contributed by atoms with E-state index in [2.05, 4.69) is 22.7 Å². The molecule has 0 saturated carbocycles. The molecule has 0 aromatic heterocycles. The molecule has 11 heavy (non-hydrogen) atoms. The minimum atomic E-state index is -0.683. The third kappa shape index (κ3) is 5.24. The first-order chi connectivity index (χ1) is 4.76. The first kappa shape index (κ1) is 13.5. The molecule has 0 aliphatic carbocycles. The molecule has 1 unspecified atom stereocenters. The van der Waals surface area contributed by atoms with E-state index in [1.54, 1.807) is 0 Å². The second-order valence-corrected chi connectivity index (χ2v) is 1.86. The maximum absolute atomic E-state index is 10.6. The summed E-state index contributed by atoms with van der Waals surface area (Å²) in [6, 6.07) is -0.683. The Balaban J connectivity index is 0. The van der Waals surface area contributed by atoms with Crippen LogP contribution in [0.3, 0.4) is 0 Å². The van der Waals surface area contributed by atoms with Crippen LogP contribution in [0.2, 0.25) is 0 Å². The Labute approximate surface area is 83.8 Å². The molecule has 0 spiro atoms. The molecule has 1 radical (unpaired) electrons. The minimum Gasteiger partial charge on any atom is -0.790 e. The van der Waals surface area contributed by atoms with E-state index >= 15 is 0 Å². The Hall–Kier alpha value is -0.0606. The Morgan fingerprint density at radius 1 is 1.82 bits per heavy atom. The van der Waals surface area contributed by atoms with Crippen LogP contribution in [-0.2, 0) is 47.1 Å². The van der Waals surface area contributed by atoms with Crippen LogP contribution in [0.4, 0.5) is 0 Å². The number of methoxy groups -OCH3 is 1. The van der Waals surface area contributed by atoms with E-state index in [0.717, 1.165) is 0 Å². The van der Waals surface area contributed by atoms with Crippen molar-refractivity contribution in [3.05, 3.63) is 0 Å². The average Bonchev–Trinajstić information content (AvgIpc) is 1.99. The van der Waals surface area contributed by atoms with E-state index in [-0.39, 0.29) is 25.9 Å². The van der Waals surface area contributed by atoms with Gasteiger partial charge in [-0.25, -0.2) is 4.79 Å². The van der Waals surface area contributed by atoms with Crippen LogP contribution in [0.5, 0.6) is 0 Å². The van der Waals surface area contributed by atoms with E-state index in [0.29, 0.717) is 6.41 Å². The molecular weight excluding hydrogens is 346 g/mol. The molecule has 0 bridgehead atoms. The molecule has 0 aliphatic rings. The maximum Gasteiger partial charge on any atom is 0.326 e. The molecule has 0 aromatic rings. The van der Waals surface area contributed by atoms with Crippen LogP contribution in [0.25, 0.3) is 0 Å². The van der Waals surface area contributed by atoms with Gasteiger partial charge in [0.25, 0.3) is 0 Å². The monoisotopic (exact) mass is 355 g/mol. The summed E-state index contributed by atoms with van der Waals surface area (Å²) >= 11 is 4.56. The first-order valence-corrected chi connectivity index (χ1v) is 3.19. The third-order valence-corrected chi connectivity index (χ3v) is 1.25. The van der Waals surface area contributed by atoms with Gasteiger partial charge in [0.1, 0.15) is 6.04 Å². The van der Waals surface area contributed by atoms with Crippen LogP contribution >= 0.6 is 0 Å². The van der Waals surface area contributed by atoms with Gasteiger partial charge in [-0.1, -0.05) is 0 Å². The van der Waals surface area contributed by atoms with Gasteiger partial charge in [-0.05, 0) is 0 Å². The van der Waals surface area contributed by atoms with Gasteiger partial charge in [-0.3, -0.25) is 4.79 Å². The molecule has 0 aliphatic heterocycles. The minimum absolute atomic E-state index is 0. The van der Waals surface area contributed by atoms with Crippen LogP contribution in [0.15, 0.2) is 0 Å². The summed E-state index contributed by atoms with van der Waals surface area (Å²) in [5, 5.41) is 2.22. The second kappa shape index (κ2) is 8.04. The fourth-order valence-electron chi connectivity index (χ4n) is 0.409. The summed E-state index contributed by atoms with van der Waals surface area (Å²) in [7, 11) is 1.24. The third-order valence-electron chi connectivity index (χ3n) is 0.922. The predicted octanol–water partition coefficient (Wildman–Crippen LogP) is -1.18. The summed E-state index contributed by atoms with van der Waals surface area (Å²) < 4.78 is 4.33. The molecule has 0 heterocycles. The van der Waals surface area contributed by atoms with Gasteiger partial charge < -0.3 is 22.7 Å². The molecule has 1 atom stereocenters. The quantitative estimate of drug-likeness (QED) is 0.392. The van der Waals surface area contributed by atoms with Gasteiger partial charge in [0.15, 0.2) is 0 Å². The molecule has 67 valence electrons. The predicted molar refractivity (Wildman–Crippen MR) is 37.2 cm³/mol. The smallest absolute Gasteiger partial charge is 0.326 e. The van der Waals surface area contributed by atoms with Crippen molar-refractivity contribution in [1.29, 1.82) is 0 Å². The zero-order chi connectivity index (χ0) is 7.98. The largest absolute Gasteiger partial charge is 0.790 e. The molecule has 0 saturated heterocycles. The summed E-state index contributed by atoms with van der Waals surface area (Å²) in [4.78, 5) is 20.5. The number of rotatable bonds is 4. The number of hydrogen-bond donors (Lipinski definition) is 1. The van der Waals surface area contributed by atoms with Crippen molar-refractivity contribution in [3.8, 4) is 0 Å². The van der Waals surface area contributed by atoms with Crippen LogP contribution in [0, 0.1) is 0 Å². The van der Waals surface area contributed by atoms with Crippen molar-refractivity contribution in [2.24, 2.45) is 0 Å². The number of hydrogen-bond acceptors (Lipinski definition) is 4. The maximum atomic E-state index is 10.6. The Morgan fingerprint density at radius 3 is 2.64 bits per heavy atom. The Morgan fingerprint density at radius 2 is 2.36 bits per heavy atom. The molecule has 0 rings (SSSR count). The number of carbonyl (C=O) groups excluding carboxylic acids is 2. The van der Waals surface area contributed by atoms with Crippen molar-refractivity contribution in [3.63, 3.8) is 0 Å². The number of amides is 1. The normalized spacial score (nSPS) is 10.7. The van der Waals surface area contributed by atoms with E-state index in [1.165, 1.54) is 7.11 Å². The van der Waals surface area contributed by atoms with Crippen molar-refractivity contribution in [1.82, 2.24) is 5.32 Å².